The number of aliphatic carboxylic acids is 1. The van der Waals surface area contributed by atoms with Crippen molar-refractivity contribution in [2.75, 3.05) is 0 Å². The predicted octanol–water partition coefficient (Wildman–Crippen LogP) is 6.08. The molecule has 0 saturated heterocycles. The topological polar surface area (TPSA) is 37.3 Å². The molecule has 0 bridgehead atoms. The molecule has 0 heterocycles. The number of carboxylic acid groups (broad SMARTS) is 1. The van der Waals surface area contributed by atoms with Crippen LogP contribution in [0.5, 0.6) is 0 Å². The van der Waals surface area contributed by atoms with Gasteiger partial charge in [0.15, 0.2) is 0 Å². The van der Waals surface area contributed by atoms with Gasteiger partial charge in [0.2, 0.25) is 0 Å². The first kappa shape index (κ1) is 19.8. The van der Waals surface area contributed by atoms with Crippen LogP contribution in [-0.2, 0) is 4.79 Å². The number of hydrogen-bond acceptors (Lipinski definition) is 1. The van der Waals surface area contributed by atoms with Gasteiger partial charge in [-0.15, -0.1) is 12.4 Å². The summed E-state index contributed by atoms with van der Waals surface area (Å²) in [6.45, 7) is 2.29. The first-order valence-electron chi connectivity index (χ1n) is 9.40. The van der Waals surface area contributed by atoms with Crippen molar-refractivity contribution >= 4 is 18.4 Å². The third kappa shape index (κ3) is 6.48. The summed E-state index contributed by atoms with van der Waals surface area (Å²) in [6, 6.07) is 0. The SMILES string of the molecule is CCCCCC1CCC(C2CCC(CC(=O)O)CC2)CC1.Cl. The molecule has 3 heteroatoms. The van der Waals surface area contributed by atoms with Gasteiger partial charge in [-0.3, -0.25) is 4.79 Å². The molecule has 22 heavy (non-hydrogen) atoms. The van der Waals surface area contributed by atoms with Crippen molar-refractivity contribution in [3.8, 4) is 0 Å². The van der Waals surface area contributed by atoms with Gasteiger partial charge in [0.05, 0.1) is 0 Å². The highest BCUT2D eigenvalue weighted by Gasteiger charge is 2.31. The second-order valence-electron chi connectivity index (χ2n) is 7.66. The zero-order valence-corrected chi connectivity index (χ0v) is 15.1. The molecule has 2 aliphatic rings. The van der Waals surface area contributed by atoms with E-state index < -0.39 is 5.97 Å². The molecule has 0 amide bonds. The van der Waals surface area contributed by atoms with Crippen LogP contribution in [0, 0.1) is 23.7 Å². The molecule has 0 spiro atoms. The summed E-state index contributed by atoms with van der Waals surface area (Å²) in [5.41, 5.74) is 0. The maximum Gasteiger partial charge on any atom is 0.303 e. The smallest absolute Gasteiger partial charge is 0.303 e. The summed E-state index contributed by atoms with van der Waals surface area (Å²) in [5, 5.41) is 8.90. The van der Waals surface area contributed by atoms with Gasteiger partial charge < -0.3 is 5.11 Å². The summed E-state index contributed by atoms with van der Waals surface area (Å²) in [4.78, 5) is 10.8. The van der Waals surface area contributed by atoms with Crippen LogP contribution in [0.15, 0.2) is 0 Å². The minimum atomic E-state index is -0.606. The molecule has 0 radical (unpaired) electrons. The van der Waals surface area contributed by atoms with Gasteiger partial charge in [-0.05, 0) is 62.2 Å². The summed E-state index contributed by atoms with van der Waals surface area (Å²) in [7, 11) is 0. The van der Waals surface area contributed by atoms with Crippen LogP contribution in [0.2, 0.25) is 0 Å². The van der Waals surface area contributed by atoms with E-state index in [1.54, 1.807) is 0 Å². The molecule has 2 saturated carbocycles. The van der Waals surface area contributed by atoms with E-state index in [2.05, 4.69) is 6.92 Å². The Labute approximate surface area is 142 Å². The van der Waals surface area contributed by atoms with E-state index in [9.17, 15) is 4.79 Å². The molecule has 2 nitrogen and oxygen atoms in total. The Morgan fingerprint density at radius 1 is 0.864 bits per heavy atom. The third-order valence-electron chi connectivity index (χ3n) is 6.13. The summed E-state index contributed by atoms with van der Waals surface area (Å²) < 4.78 is 0. The standard InChI is InChI=1S/C19H34O2.ClH/c1-2-3-4-5-15-6-10-17(11-7-15)18-12-8-16(9-13-18)14-19(20)21;/h15-18H,2-14H2,1H3,(H,20,21);1H. The second kappa shape index (κ2) is 10.5. The number of unbranched alkanes of at least 4 members (excludes halogenated alkanes) is 2. The average Bonchev–Trinajstić information content (AvgIpc) is 2.49. The van der Waals surface area contributed by atoms with Crippen molar-refractivity contribution in [2.45, 2.75) is 90.4 Å². The van der Waals surface area contributed by atoms with Crippen LogP contribution in [0.4, 0.5) is 0 Å². The molecule has 130 valence electrons. The Kier molecular flexibility index (Phi) is 9.47. The number of carboxylic acids is 1. The van der Waals surface area contributed by atoms with E-state index in [1.165, 1.54) is 64.2 Å². The molecule has 1 N–H and O–H groups in total. The Morgan fingerprint density at radius 3 is 1.82 bits per heavy atom. The lowest BCUT2D eigenvalue weighted by atomic mass is 9.68. The van der Waals surface area contributed by atoms with Crippen molar-refractivity contribution in [1.82, 2.24) is 0 Å². The van der Waals surface area contributed by atoms with Crippen molar-refractivity contribution in [2.24, 2.45) is 23.7 Å². The van der Waals surface area contributed by atoms with Crippen LogP contribution in [-0.4, -0.2) is 11.1 Å². The lowest BCUT2D eigenvalue weighted by molar-refractivity contribution is -0.138. The van der Waals surface area contributed by atoms with Crippen molar-refractivity contribution in [3.63, 3.8) is 0 Å². The zero-order valence-electron chi connectivity index (χ0n) is 14.3. The highest BCUT2D eigenvalue weighted by molar-refractivity contribution is 5.85. The van der Waals surface area contributed by atoms with E-state index in [4.69, 9.17) is 5.11 Å². The third-order valence-corrected chi connectivity index (χ3v) is 6.13. The van der Waals surface area contributed by atoms with Gasteiger partial charge in [0, 0.05) is 6.42 Å². The molecule has 0 unspecified atom stereocenters. The monoisotopic (exact) mass is 330 g/mol. The molecular formula is C19H35ClO2. The van der Waals surface area contributed by atoms with Crippen LogP contribution in [0.3, 0.4) is 0 Å². The molecule has 0 aliphatic heterocycles. The number of hydrogen-bond donors (Lipinski definition) is 1. The highest BCUT2D eigenvalue weighted by atomic mass is 35.5. The van der Waals surface area contributed by atoms with E-state index in [-0.39, 0.29) is 12.4 Å². The van der Waals surface area contributed by atoms with Crippen LogP contribution in [0.25, 0.3) is 0 Å². The summed E-state index contributed by atoms with van der Waals surface area (Å²) >= 11 is 0. The van der Waals surface area contributed by atoms with Crippen molar-refractivity contribution in [1.29, 1.82) is 0 Å². The highest BCUT2D eigenvalue weighted by Crippen LogP contribution is 2.42. The van der Waals surface area contributed by atoms with Crippen LogP contribution < -0.4 is 0 Å². The first-order valence-corrected chi connectivity index (χ1v) is 9.40. The molecular weight excluding hydrogens is 296 g/mol. The van der Waals surface area contributed by atoms with E-state index in [1.807, 2.05) is 0 Å². The number of halogens is 1. The van der Waals surface area contributed by atoms with Gasteiger partial charge >= 0.3 is 5.97 Å². The fourth-order valence-electron chi connectivity index (χ4n) is 4.74. The molecule has 0 aromatic carbocycles. The Bertz CT molecular complexity index is 303. The van der Waals surface area contributed by atoms with Gasteiger partial charge in [0.25, 0.3) is 0 Å². The maximum atomic E-state index is 10.8. The fraction of sp³-hybridized carbons (Fsp3) is 0.947. The Balaban J connectivity index is 0.00000242. The number of carbonyl (C=O) groups is 1. The van der Waals surface area contributed by atoms with Crippen molar-refractivity contribution < 1.29 is 9.90 Å². The molecule has 2 rings (SSSR count). The normalized spacial score (nSPS) is 32.2. The zero-order chi connectivity index (χ0) is 15.1. The molecule has 0 aromatic heterocycles. The van der Waals surface area contributed by atoms with Crippen LogP contribution in [0.1, 0.15) is 90.4 Å². The predicted molar refractivity (Wildman–Crippen MR) is 94.5 cm³/mol. The minimum Gasteiger partial charge on any atom is -0.481 e. The van der Waals surface area contributed by atoms with Gasteiger partial charge in [0.1, 0.15) is 0 Å². The van der Waals surface area contributed by atoms with Gasteiger partial charge in [-0.25, -0.2) is 0 Å². The van der Waals surface area contributed by atoms with Gasteiger partial charge in [-0.1, -0.05) is 45.4 Å². The van der Waals surface area contributed by atoms with Crippen molar-refractivity contribution in [3.05, 3.63) is 0 Å². The molecule has 0 aromatic rings. The second-order valence-corrected chi connectivity index (χ2v) is 7.66. The molecule has 2 fully saturated rings. The van der Waals surface area contributed by atoms with E-state index in [0.717, 1.165) is 30.6 Å². The Hall–Kier alpha value is -0.240. The average molecular weight is 331 g/mol. The first-order chi connectivity index (χ1) is 10.2. The van der Waals surface area contributed by atoms with Crippen LogP contribution >= 0.6 is 12.4 Å². The largest absolute Gasteiger partial charge is 0.481 e. The summed E-state index contributed by atoms with van der Waals surface area (Å²) in [6.07, 6.45) is 16.8. The maximum absolute atomic E-state index is 10.8. The molecule has 0 atom stereocenters. The number of rotatable bonds is 7. The summed E-state index contributed by atoms with van der Waals surface area (Å²) in [5.74, 6) is 2.73. The fourth-order valence-corrected chi connectivity index (χ4v) is 4.74. The lowest BCUT2D eigenvalue weighted by Crippen LogP contribution is -2.26. The minimum absolute atomic E-state index is 0. The van der Waals surface area contributed by atoms with E-state index in [0.29, 0.717) is 12.3 Å². The lowest BCUT2D eigenvalue weighted by Gasteiger charge is -2.37. The quantitative estimate of drug-likeness (QED) is 0.574. The van der Waals surface area contributed by atoms with E-state index >= 15 is 0 Å². The Morgan fingerprint density at radius 2 is 1.36 bits per heavy atom. The molecule has 2 aliphatic carbocycles. The van der Waals surface area contributed by atoms with Gasteiger partial charge in [-0.2, -0.15) is 0 Å².